The van der Waals surface area contributed by atoms with Crippen LogP contribution < -0.4 is 4.74 Å². The minimum atomic E-state index is -4.32. The molecule has 0 aliphatic carbocycles. The fourth-order valence-electron chi connectivity index (χ4n) is 2.62. The van der Waals surface area contributed by atoms with Gasteiger partial charge in [-0.3, -0.25) is 9.80 Å². The van der Waals surface area contributed by atoms with Gasteiger partial charge in [0, 0.05) is 39.3 Å². The summed E-state index contributed by atoms with van der Waals surface area (Å²) in [7, 11) is 0. The van der Waals surface area contributed by atoms with E-state index in [9.17, 15) is 18.3 Å². The van der Waals surface area contributed by atoms with Crippen LogP contribution in [0.15, 0.2) is 24.3 Å². The first-order valence-electron chi connectivity index (χ1n) is 7.73. The quantitative estimate of drug-likeness (QED) is 0.866. The first-order valence-corrected chi connectivity index (χ1v) is 7.73. The molecule has 1 fully saturated rings. The minimum absolute atomic E-state index is 0.229. The molecule has 1 aromatic carbocycles. The smallest absolute Gasteiger partial charge is 0.422 e. The van der Waals surface area contributed by atoms with Crippen molar-refractivity contribution in [1.29, 1.82) is 0 Å². The van der Waals surface area contributed by atoms with Crippen LogP contribution in [0.25, 0.3) is 0 Å². The van der Waals surface area contributed by atoms with Gasteiger partial charge in [0.2, 0.25) is 0 Å². The van der Waals surface area contributed by atoms with E-state index < -0.39 is 12.8 Å². The van der Waals surface area contributed by atoms with Crippen molar-refractivity contribution < 1.29 is 23.0 Å². The fraction of sp³-hybridized carbons (Fsp3) is 0.625. The Kier molecular flexibility index (Phi) is 6.26. The maximum atomic E-state index is 12.1. The number of piperazine rings is 1. The van der Waals surface area contributed by atoms with Gasteiger partial charge in [-0.15, -0.1) is 0 Å². The number of aliphatic hydroxyl groups is 1. The summed E-state index contributed by atoms with van der Waals surface area (Å²) in [4.78, 5) is 4.53. The number of β-amino-alcohol motifs (C(OH)–C–C–N with tert-alkyl or cyclic N) is 1. The summed E-state index contributed by atoms with van der Waals surface area (Å²) in [6, 6.07) is 6.75. The lowest BCUT2D eigenvalue weighted by Gasteiger charge is -2.35. The van der Waals surface area contributed by atoms with Crippen molar-refractivity contribution in [3.05, 3.63) is 29.8 Å². The zero-order valence-electron chi connectivity index (χ0n) is 13.2. The van der Waals surface area contributed by atoms with Crippen LogP contribution >= 0.6 is 0 Å². The maximum Gasteiger partial charge on any atom is 0.422 e. The van der Waals surface area contributed by atoms with Crippen molar-refractivity contribution in [3.63, 3.8) is 0 Å². The third-order valence-corrected chi connectivity index (χ3v) is 3.72. The molecule has 1 N–H and O–H groups in total. The van der Waals surface area contributed by atoms with Crippen molar-refractivity contribution in [2.75, 3.05) is 39.3 Å². The van der Waals surface area contributed by atoms with Gasteiger partial charge in [-0.25, -0.2) is 0 Å². The first-order chi connectivity index (χ1) is 10.8. The highest BCUT2D eigenvalue weighted by atomic mass is 19.4. The molecule has 1 aromatic rings. The number of nitrogens with zero attached hydrogens (tertiary/aromatic N) is 2. The highest BCUT2D eigenvalue weighted by Gasteiger charge is 2.28. The molecule has 1 aliphatic heterocycles. The van der Waals surface area contributed by atoms with Gasteiger partial charge in [-0.05, 0) is 24.6 Å². The molecule has 0 spiro atoms. The molecule has 1 aliphatic rings. The highest BCUT2D eigenvalue weighted by molar-refractivity contribution is 5.27. The zero-order valence-corrected chi connectivity index (χ0v) is 13.2. The third kappa shape index (κ3) is 6.76. The molecule has 23 heavy (non-hydrogen) atoms. The zero-order chi connectivity index (χ0) is 16.9. The number of hydrogen-bond donors (Lipinski definition) is 1. The second kappa shape index (κ2) is 7.99. The molecule has 0 saturated carbocycles. The number of ether oxygens (including phenoxy) is 1. The highest BCUT2D eigenvalue weighted by Crippen LogP contribution is 2.19. The monoisotopic (exact) mass is 332 g/mol. The molecular weight excluding hydrogens is 309 g/mol. The number of alkyl halides is 3. The SMILES string of the molecule is C[C@@H](O)CN1CCN(Cc2ccc(OCC(F)(F)F)cc2)CC1. The molecule has 0 unspecified atom stereocenters. The van der Waals surface area contributed by atoms with E-state index in [0.29, 0.717) is 6.54 Å². The number of benzene rings is 1. The van der Waals surface area contributed by atoms with Crippen LogP contribution in [0.5, 0.6) is 5.75 Å². The van der Waals surface area contributed by atoms with Crippen molar-refractivity contribution >= 4 is 0 Å². The predicted octanol–water partition coefficient (Wildman–Crippen LogP) is 2.13. The van der Waals surface area contributed by atoms with Crippen LogP contribution in [0.2, 0.25) is 0 Å². The van der Waals surface area contributed by atoms with E-state index in [-0.39, 0.29) is 11.9 Å². The van der Waals surface area contributed by atoms with Crippen LogP contribution in [0, 0.1) is 0 Å². The first kappa shape index (κ1) is 18.0. The van der Waals surface area contributed by atoms with Crippen LogP contribution in [-0.4, -0.2) is 66.5 Å². The van der Waals surface area contributed by atoms with Gasteiger partial charge in [-0.2, -0.15) is 13.2 Å². The normalized spacial score (nSPS) is 18.8. The molecule has 0 aromatic heterocycles. The van der Waals surface area contributed by atoms with Crippen LogP contribution in [-0.2, 0) is 6.54 Å². The summed E-state index contributed by atoms with van der Waals surface area (Å²) < 4.78 is 41.0. The van der Waals surface area contributed by atoms with Crippen LogP contribution in [0.4, 0.5) is 13.2 Å². The maximum absolute atomic E-state index is 12.1. The van der Waals surface area contributed by atoms with Gasteiger partial charge in [0.05, 0.1) is 6.10 Å². The standard InChI is InChI=1S/C16H23F3N2O2/c1-13(22)10-20-6-8-21(9-7-20)11-14-2-4-15(5-3-14)23-12-16(17,18)19/h2-5,13,22H,6-12H2,1H3/t13-/m1/s1. The molecule has 4 nitrogen and oxygen atoms in total. The van der Waals surface area contributed by atoms with Crippen LogP contribution in [0.3, 0.4) is 0 Å². The van der Waals surface area contributed by atoms with Crippen molar-refractivity contribution in [2.45, 2.75) is 25.7 Å². The largest absolute Gasteiger partial charge is 0.484 e. The summed E-state index contributed by atoms with van der Waals surface area (Å²) in [6.07, 6.45) is -4.63. The second-order valence-electron chi connectivity index (χ2n) is 5.97. The summed E-state index contributed by atoms with van der Waals surface area (Å²) in [5, 5.41) is 9.39. The average molecular weight is 332 g/mol. The Morgan fingerprint density at radius 2 is 1.65 bits per heavy atom. The molecule has 1 atom stereocenters. The Balaban J connectivity index is 1.76. The van der Waals surface area contributed by atoms with Gasteiger partial charge in [-0.1, -0.05) is 12.1 Å². The summed E-state index contributed by atoms with van der Waals surface area (Å²) >= 11 is 0. The molecular formula is C16H23F3N2O2. The fourth-order valence-corrected chi connectivity index (χ4v) is 2.62. The molecule has 130 valence electrons. The second-order valence-corrected chi connectivity index (χ2v) is 5.97. The topological polar surface area (TPSA) is 35.9 Å². The number of halogens is 3. The van der Waals surface area contributed by atoms with Gasteiger partial charge in [0.25, 0.3) is 0 Å². The Morgan fingerprint density at radius 3 is 2.17 bits per heavy atom. The van der Waals surface area contributed by atoms with E-state index in [1.807, 2.05) is 0 Å². The van der Waals surface area contributed by atoms with Crippen molar-refractivity contribution in [3.8, 4) is 5.75 Å². The lowest BCUT2D eigenvalue weighted by Crippen LogP contribution is -2.47. The lowest BCUT2D eigenvalue weighted by atomic mass is 10.2. The van der Waals surface area contributed by atoms with Gasteiger partial charge < -0.3 is 9.84 Å². The third-order valence-electron chi connectivity index (χ3n) is 3.72. The van der Waals surface area contributed by atoms with E-state index >= 15 is 0 Å². The Hall–Kier alpha value is -1.31. The average Bonchev–Trinajstić information content (AvgIpc) is 2.47. The Labute approximate surface area is 134 Å². The summed E-state index contributed by atoms with van der Waals surface area (Å²) in [6.45, 7) is 5.64. The van der Waals surface area contributed by atoms with E-state index in [4.69, 9.17) is 4.74 Å². The summed E-state index contributed by atoms with van der Waals surface area (Å²) in [5.74, 6) is 0.229. The Morgan fingerprint density at radius 1 is 1.09 bits per heavy atom. The molecule has 1 saturated heterocycles. The van der Waals surface area contributed by atoms with E-state index in [1.165, 1.54) is 0 Å². The van der Waals surface area contributed by atoms with Gasteiger partial charge in [0.1, 0.15) is 5.75 Å². The van der Waals surface area contributed by atoms with Crippen molar-refractivity contribution in [1.82, 2.24) is 9.80 Å². The predicted molar refractivity (Wildman–Crippen MR) is 81.4 cm³/mol. The lowest BCUT2D eigenvalue weighted by molar-refractivity contribution is -0.153. The van der Waals surface area contributed by atoms with E-state index in [0.717, 1.165) is 38.3 Å². The molecule has 7 heteroatoms. The number of rotatable bonds is 6. The molecule has 0 bridgehead atoms. The number of aliphatic hydroxyl groups excluding tert-OH is 1. The van der Waals surface area contributed by atoms with Gasteiger partial charge >= 0.3 is 6.18 Å². The minimum Gasteiger partial charge on any atom is -0.484 e. The number of hydrogen-bond acceptors (Lipinski definition) is 4. The summed E-state index contributed by atoms with van der Waals surface area (Å²) in [5.41, 5.74) is 1.05. The van der Waals surface area contributed by atoms with Crippen molar-refractivity contribution in [2.24, 2.45) is 0 Å². The van der Waals surface area contributed by atoms with E-state index in [1.54, 1.807) is 31.2 Å². The van der Waals surface area contributed by atoms with E-state index in [2.05, 4.69) is 9.80 Å². The molecule has 1 heterocycles. The van der Waals surface area contributed by atoms with Gasteiger partial charge in [0.15, 0.2) is 6.61 Å². The molecule has 2 rings (SSSR count). The Bertz CT molecular complexity index is 469. The molecule has 0 radical (unpaired) electrons. The molecule has 0 amide bonds. The van der Waals surface area contributed by atoms with Crippen LogP contribution in [0.1, 0.15) is 12.5 Å².